The second-order valence-electron chi connectivity index (χ2n) is 5.35. The van der Waals surface area contributed by atoms with E-state index in [9.17, 15) is 0 Å². The molecule has 0 amide bonds. The minimum atomic E-state index is -0.896. The summed E-state index contributed by atoms with van der Waals surface area (Å²) in [5.74, 6) is 0. The lowest BCUT2D eigenvalue weighted by Gasteiger charge is -2.11. The molecular weight excluding hydrogens is 210 g/mol. The second-order valence-corrected chi connectivity index (χ2v) is 10.9. The topological polar surface area (TPSA) is 12.0 Å². The molecule has 1 rings (SSSR count). The summed E-state index contributed by atoms with van der Waals surface area (Å²) in [7, 11) is -0.896. The number of hydrogen-bond acceptors (Lipinski definition) is 1. The molecule has 1 aromatic rings. The Hall–Kier alpha value is -0.863. The van der Waals surface area contributed by atoms with Crippen LogP contribution in [0.25, 0.3) is 0 Å². The van der Waals surface area contributed by atoms with Gasteiger partial charge in [0, 0.05) is 21.2 Å². The molecule has 0 heterocycles. The molecule has 2 heteroatoms. The number of hydrogen-bond donors (Lipinski definition) is 1. The Bertz CT molecular complexity index is 311. The van der Waals surface area contributed by atoms with Gasteiger partial charge in [0.25, 0.3) is 0 Å². The van der Waals surface area contributed by atoms with E-state index in [4.69, 9.17) is 0 Å². The number of nitrogens with one attached hydrogen (secondary N) is 1. The van der Waals surface area contributed by atoms with Crippen LogP contribution < -0.4 is 5.32 Å². The molecule has 1 N–H and O–H groups in total. The summed E-state index contributed by atoms with van der Waals surface area (Å²) in [4.78, 5) is 0. The van der Waals surface area contributed by atoms with Crippen molar-refractivity contribution in [3.05, 3.63) is 48.0 Å². The van der Waals surface area contributed by atoms with Crippen LogP contribution in [0, 0.1) is 0 Å². The van der Waals surface area contributed by atoms with Crippen molar-refractivity contribution in [2.75, 3.05) is 6.54 Å². The molecule has 88 valence electrons. The molecule has 0 aromatic heterocycles. The summed E-state index contributed by atoms with van der Waals surface area (Å²) in [6.07, 6.45) is 4.57. The van der Waals surface area contributed by atoms with Crippen LogP contribution in [0.3, 0.4) is 0 Å². The van der Waals surface area contributed by atoms with E-state index >= 15 is 0 Å². The fourth-order valence-electron chi connectivity index (χ4n) is 1.42. The van der Waals surface area contributed by atoms with Crippen molar-refractivity contribution in [1.82, 2.24) is 5.32 Å². The van der Waals surface area contributed by atoms with E-state index in [0.717, 1.165) is 13.1 Å². The van der Waals surface area contributed by atoms with Gasteiger partial charge in [-0.25, -0.2) is 0 Å². The van der Waals surface area contributed by atoms with Gasteiger partial charge < -0.3 is 5.32 Å². The molecule has 0 spiro atoms. The van der Waals surface area contributed by atoms with Crippen molar-refractivity contribution in [2.24, 2.45) is 0 Å². The zero-order valence-electron chi connectivity index (χ0n) is 10.7. The maximum atomic E-state index is 3.42. The highest BCUT2D eigenvalue weighted by Gasteiger charge is 2.08. The first-order valence-corrected chi connectivity index (χ1v) is 9.68. The van der Waals surface area contributed by atoms with Gasteiger partial charge in [0.15, 0.2) is 0 Å². The fraction of sp³-hybridized carbons (Fsp3) is 0.429. The molecule has 0 aliphatic heterocycles. The molecule has 16 heavy (non-hydrogen) atoms. The van der Waals surface area contributed by atoms with Crippen molar-refractivity contribution < 1.29 is 0 Å². The lowest BCUT2D eigenvalue weighted by Crippen LogP contribution is -2.18. The fourth-order valence-corrected chi connectivity index (χ4v) is 2.29. The largest absolute Gasteiger partial charge is 0.309 e. The van der Waals surface area contributed by atoms with Crippen molar-refractivity contribution in [2.45, 2.75) is 32.2 Å². The van der Waals surface area contributed by atoms with Crippen LogP contribution in [0.15, 0.2) is 42.5 Å². The number of allylic oxidation sites excluding steroid dienone is 1. The van der Waals surface area contributed by atoms with Crippen molar-refractivity contribution >= 4 is 8.07 Å². The molecule has 1 aromatic carbocycles. The zero-order chi connectivity index (χ0) is 11.9. The molecule has 0 bridgehead atoms. The van der Waals surface area contributed by atoms with Crippen LogP contribution in [0.5, 0.6) is 0 Å². The average Bonchev–Trinajstić information content (AvgIpc) is 2.23. The third-order valence-corrected chi connectivity index (χ3v) is 3.79. The Labute approximate surface area is 101 Å². The van der Waals surface area contributed by atoms with Crippen LogP contribution in [0.2, 0.25) is 25.7 Å². The Morgan fingerprint density at radius 2 is 1.75 bits per heavy atom. The van der Waals surface area contributed by atoms with Crippen LogP contribution >= 0.6 is 0 Å². The van der Waals surface area contributed by atoms with Gasteiger partial charge >= 0.3 is 0 Å². The third kappa shape index (κ3) is 6.59. The van der Waals surface area contributed by atoms with E-state index in [1.165, 1.54) is 11.6 Å². The standard InChI is InChI=1S/C14H23NSi/c1-16(2,3)12-8-7-11-15-13-14-9-5-4-6-10-14/h4-10,15H,11-13H2,1-3H3/b8-7+. The monoisotopic (exact) mass is 233 g/mol. The number of benzene rings is 1. The van der Waals surface area contributed by atoms with E-state index in [-0.39, 0.29) is 0 Å². The molecule has 1 nitrogen and oxygen atoms in total. The molecule has 0 saturated heterocycles. The molecule has 0 saturated carbocycles. The van der Waals surface area contributed by atoms with Gasteiger partial charge in [0.2, 0.25) is 0 Å². The summed E-state index contributed by atoms with van der Waals surface area (Å²) in [5, 5.41) is 3.42. The first kappa shape index (κ1) is 13.2. The maximum absolute atomic E-state index is 3.42. The van der Waals surface area contributed by atoms with Crippen molar-refractivity contribution in [3.63, 3.8) is 0 Å². The van der Waals surface area contributed by atoms with Gasteiger partial charge in [-0.1, -0.05) is 62.1 Å². The van der Waals surface area contributed by atoms with Crippen LogP contribution in [0.4, 0.5) is 0 Å². The molecule has 0 atom stereocenters. The van der Waals surface area contributed by atoms with E-state index in [0.29, 0.717) is 0 Å². The molecule has 0 aliphatic carbocycles. The Morgan fingerprint density at radius 1 is 1.06 bits per heavy atom. The normalized spacial score (nSPS) is 12.2. The van der Waals surface area contributed by atoms with E-state index in [2.05, 4.69) is 67.4 Å². The van der Waals surface area contributed by atoms with Crippen molar-refractivity contribution in [3.8, 4) is 0 Å². The highest BCUT2D eigenvalue weighted by atomic mass is 28.3. The highest BCUT2D eigenvalue weighted by Crippen LogP contribution is 2.07. The SMILES string of the molecule is C[Si](C)(C)C/C=C/CNCc1ccccc1. The van der Waals surface area contributed by atoms with E-state index in [1.54, 1.807) is 0 Å². The van der Waals surface area contributed by atoms with Gasteiger partial charge in [-0.2, -0.15) is 0 Å². The molecule has 0 aliphatic rings. The minimum absolute atomic E-state index is 0.896. The van der Waals surface area contributed by atoms with Gasteiger partial charge in [-0.15, -0.1) is 0 Å². The lowest BCUT2D eigenvalue weighted by molar-refractivity contribution is 0.759. The summed E-state index contributed by atoms with van der Waals surface area (Å²) in [6.45, 7) is 9.12. The average molecular weight is 233 g/mol. The molecule has 0 unspecified atom stereocenters. The summed E-state index contributed by atoms with van der Waals surface area (Å²) in [6, 6.07) is 11.8. The smallest absolute Gasteiger partial charge is 0.0480 e. The molecule has 0 radical (unpaired) electrons. The lowest BCUT2D eigenvalue weighted by atomic mass is 10.2. The van der Waals surface area contributed by atoms with Gasteiger partial charge in [0.1, 0.15) is 0 Å². The summed E-state index contributed by atoms with van der Waals surface area (Å²) in [5.41, 5.74) is 1.35. The van der Waals surface area contributed by atoms with Crippen molar-refractivity contribution in [1.29, 1.82) is 0 Å². The third-order valence-electron chi connectivity index (χ3n) is 2.33. The maximum Gasteiger partial charge on any atom is 0.0480 e. The second kappa shape index (κ2) is 6.66. The van der Waals surface area contributed by atoms with Crippen LogP contribution in [-0.4, -0.2) is 14.6 Å². The predicted molar refractivity (Wildman–Crippen MR) is 75.4 cm³/mol. The number of rotatable bonds is 6. The Balaban J connectivity index is 2.13. The predicted octanol–water partition coefficient (Wildman–Crippen LogP) is 3.67. The minimum Gasteiger partial charge on any atom is -0.309 e. The van der Waals surface area contributed by atoms with E-state index in [1.807, 2.05) is 0 Å². The molecular formula is C14H23NSi. The van der Waals surface area contributed by atoms with Gasteiger partial charge in [-0.05, 0) is 11.6 Å². The first-order valence-electron chi connectivity index (χ1n) is 5.97. The van der Waals surface area contributed by atoms with Gasteiger partial charge in [-0.3, -0.25) is 0 Å². The molecule has 0 fully saturated rings. The van der Waals surface area contributed by atoms with Gasteiger partial charge in [0.05, 0.1) is 0 Å². The first-order chi connectivity index (χ1) is 7.58. The Kier molecular flexibility index (Phi) is 5.50. The van der Waals surface area contributed by atoms with Crippen LogP contribution in [0.1, 0.15) is 5.56 Å². The van der Waals surface area contributed by atoms with Crippen LogP contribution in [-0.2, 0) is 6.54 Å². The van der Waals surface area contributed by atoms with E-state index < -0.39 is 8.07 Å². The zero-order valence-corrected chi connectivity index (χ0v) is 11.7. The summed E-state index contributed by atoms with van der Waals surface area (Å²) < 4.78 is 0. The Morgan fingerprint density at radius 3 is 2.38 bits per heavy atom. The quantitative estimate of drug-likeness (QED) is 0.449. The highest BCUT2D eigenvalue weighted by molar-refractivity contribution is 6.76. The summed E-state index contributed by atoms with van der Waals surface area (Å²) >= 11 is 0.